The lowest BCUT2D eigenvalue weighted by atomic mass is 9.49. The lowest BCUT2D eigenvalue weighted by Crippen LogP contribution is -2.41. The van der Waals surface area contributed by atoms with Crippen molar-refractivity contribution in [1.82, 2.24) is 80.8 Å². The molecule has 6 N–H and O–H groups in total. The molecule has 0 spiro atoms. The quantitative estimate of drug-likeness (QED) is 0.0196. The van der Waals surface area contributed by atoms with Gasteiger partial charge in [0.1, 0.15) is 5.60 Å². The first-order valence-corrected chi connectivity index (χ1v) is 47.4. The van der Waals surface area contributed by atoms with Crippen LogP contribution in [0.5, 0.6) is 0 Å². The molecule has 41 heteroatoms. The topological polar surface area (TPSA) is 429 Å². The Morgan fingerprint density at radius 1 is 0.376 bits per heavy atom. The summed E-state index contributed by atoms with van der Waals surface area (Å²) >= 11 is 6.78. The van der Waals surface area contributed by atoms with Crippen LogP contribution in [0.15, 0.2) is 215 Å². The molecule has 0 unspecified atom stereocenters. The molecule has 16 rings (SSSR count). The highest BCUT2D eigenvalue weighted by Crippen LogP contribution is 2.44. The first kappa shape index (κ1) is 106. The maximum atomic E-state index is 13.5. The number of nitrogens with zero attached hydrogens (tertiary/aromatic N) is 16. The second-order valence-electron chi connectivity index (χ2n) is 36.0. The van der Waals surface area contributed by atoms with Crippen LogP contribution in [0.1, 0.15) is 217 Å². The Bertz CT molecular complexity index is 6710. The summed E-state index contributed by atoms with van der Waals surface area (Å²) in [6.45, 7) is 32.8. The number of hydrogen-bond acceptors (Lipinski definition) is 24. The SMILES string of the molecule is CC(C)(C)OC(=O)c1cccc2c(C(=O)Nc3ccc(Br)cc3)cccc12.CC1(C)OB(B2OC(C)(C)C(C)(C)O2)OC1(C)C.CCCCn1nnc(-c2ccc(C(=O)Nc3ccc(-c4ccc(NC(=O)c5cccc6c(C(=O)O)cccc56)cc4)cc3)cc2-c2nnn(CCCC)n2)n1.CCCCn1nnc(-c2ccc(C(=O)Nc3ccc(Br)cc3)cc2-c2nnn(CCCC)n2)n1.O=C(O)C(F)(F)F. The molecule has 734 valence electrons. The number of alkyl halides is 3. The zero-order valence-corrected chi connectivity index (χ0v) is 83.8. The average Bonchev–Trinajstić information content (AvgIpc) is 1.57. The van der Waals surface area contributed by atoms with E-state index in [-0.39, 0.29) is 51.6 Å². The number of aromatic carboxylic acids is 1. The van der Waals surface area contributed by atoms with E-state index in [2.05, 4.69) is 142 Å². The molecule has 0 aliphatic carbocycles. The normalized spacial score (nSPS) is 13.8. The van der Waals surface area contributed by atoms with E-state index in [1.807, 2.05) is 173 Å². The number of unbranched alkanes of at least 4 members (excludes halogenated alkanes) is 4. The summed E-state index contributed by atoms with van der Waals surface area (Å²) in [6.07, 6.45) is 2.72. The largest absolute Gasteiger partial charge is 0.490 e. The van der Waals surface area contributed by atoms with Gasteiger partial charge >= 0.3 is 38.1 Å². The third-order valence-corrected chi connectivity index (χ3v) is 24.3. The number of tetrazole rings is 4. The van der Waals surface area contributed by atoms with E-state index in [4.69, 9.17) is 33.3 Å². The number of hydrogen-bond donors (Lipinski definition) is 6. The number of carbonyl (C=O) groups is 7. The predicted molar refractivity (Wildman–Crippen MR) is 538 cm³/mol. The monoisotopic (exact) mass is 2050 g/mol. The number of ether oxygens (including phenoxy) is 1. The van der Waals surface area contributed by atoms with Crippen molar-refractivity contribution in [1.29, 1.82) is 0 Å². The van der Waals surface area contributed by atoms with Crippen molar-refractivity contribution < 1.29 is 80.3 Å². The Hall–Kier alpha value is -14.0. The highest BCUT2D eigenvalue weighted by molar-refractivity contribution is 9.10. The van der Waals surface area contributed by atoms with Crippen LogP contribution in [0.2, 0.25) is 0 Å². The molecule has 2 aliphatic rings. The zero-order valence-electron chi connectivity index (χ0n) is 80.6. The summed E-state index contributed by atoms with van der Waals surface area (Å²) in [4.78, 5) is 91.9. The summed E-state index contributed by atoms with van der Waals surface area (Å²) in [5.74, 6) is -3.70. The van der Waals surface area contributed by atoms with E-state index in [1.54, 1.807) is 122 Å². The van der Waals surface area contributed by atoms with Gasteiger partial charge < -0.3 is 54.8 Å². The minimum Gasteiger partial charge on any atom is -0.478 e. The van der Waals surface area contributed by atoms with Gasteiger partial charge in [0.15, 0.2) is 0 Å². The van der Waals surface area contributed by atoms with Crippen molar-refractivity contribution >= 4 is 132 Å². The van der Waals surface area contributed by atoms with Gasteiger partial charge in [-0.05, 0) is 289 Å². The summed E-state index contributed by atoms with van der Waals surface area (Å²) in [7, 11) is -0.952. The highest BCUT2D eigenvalue weighted by atomic mass is 79.9. The fourth-order valence-electron chi connectivity index (χ4n) is 14.2. The number of halogens is 5. The maximum Gasteiger partial charge on any atom is 0.490 e. The van der Waals surface area contributed by atoms with Crippen molar-refractivity contribution in [2.24, 2.45) is 0 Å². The fourth-order valence-corrected chi connectivity index (χ4v) is 14.7. The van der Waals surface area contributed by atoms with E-state index < -0.39 is 43.7 Å². The van der Waals surface area contributed by atoms with Crippen LogP contribution in [0, 0.1) is 0 Å². The lowest BCUT2D eigenvalue weighted by molar-refractivity contribution is -0.192. The van der Waals surface area contributed by atoms with Crippen molar-refractivity contribution in [2.45, 2.75) is 216 Å². The van der Waals surface area contributed by atoms with Crippen molar-refractivity contribution in [2.75, 3.05) is 21.3 Å². The van der Waals surface area contributed by atoms with Gasteiger partial charge in [0.2, 0.25) is 23.3 Å². The number of esters is 1. The van der Waals surface area contributed by atoms with E-state index in [9.17, 15) is 47.0 Å². The first-order valence-electron chi connectivity index (χ1n) is 45.8. The lowest BCUT2D eigenvalue weighted by Gasteiger charge is -2.32. The van der Waals surface area contributed by atoms with Gasteiger partial charge in [-0.3, -0.25) is 19.2 Å². The van der Waals surface area contributed by atoms with E-state index in [1.165, 1.54) is 6.07 Å². The standard InChI is InChI=1S/C41H38N10O4.C23H26BrN9O.C22H20BrNO3.C12H24B2O4.C2HF3O2/c1-3-5-23-50-46-37(44-48-50)33-22-17-28(25-36(33)38-45-49-51(47-38)24-6-4-2)39(52)42-29-18-13-26(14-19-29)27-15-20-30(21-16-27)43-40(53)34-11-7-10-32-31(34)9-8-12-35(32)41(54)55;1-3-5-13-32-28-21(26-30-32)19-12-7-16(23(34)25-18-10-8-17(24)9-11-18)15-20(19)22-27-31-33(29-22)14-6-4-2;1-22(2,3)27-21(26)19-9-5-6-16-17(19)7-4-8-18(16)20(25)24-15-12-10-14(23)11-13-15;1-9(2)10(3,4)16-13(15-9)14-17-11(5,6)12(7,8)18-14;3-2(4,5)1(6)7/h7-22,25H,3-6,23-24H2,1-2H3,(H,42,52)(H,43,53)(H,54,55);7-12,15H,3-6,13-14H2,1-2H3,(H,25,34);4-13H,1-3H3,(H,24,25);1-8H3;(H,6,7). The number of carbonyl (C=O) groups excluding carboxylic acids is 5. The van der Waals surface area contributed by atoms with Crippen molar-refractivity contribution in [3.05, 3.63) is 249 Å². The molecule has 34 nitrogen and oxygen atoms in total. The number of amides is 4. The number of carboxylic acids is 2. The van der Waals surface area contributed by atoms with Crippen molar-refractivity contribution in [3.63, 3.8) is 0 Å². The molecular formula is C100H109B2Br2F3N20O14. The third kappa shape index (κ3) is 27.6. The third-order valence-electron chi connectivity index (χ3n) is 23.2. The molecule has 141 heavy (non-hydrogen) atoms. The number of anilines is 4. The van der Waals surface area contributed by atoms with Gasteiger partial charge in [-0.1, -0.05) is 158 Å². The molecule has 6 heterocycles. The minimum atomic E-state index is -5.08. The van der Waals surface area contributed by atoms with Crippen LogP contribution < -0.4 is 21.3 Å². The highest BCUT2D eigenvalue weighted by Gasteiger charge is 2.64. The van der Waals surface area contributed by atoms with Crippen LogP contribution in [0.25, 0.3) is 78.2 Å². The molecule has 2 aliphatic heterocycles. The number of aromatic nitrogens is 16. The molecular weight excluding hydrogens is 1940 g/mol. The van der Waals surface area contributed by atoms with Crippen LogP contribution in [0.4, 0.5) is 35.9 Å². The van der Waals surface area contributed by atoms with Gasteiger partial charge in [0, 0.05) is 76.2 Å². The van der Waals surface area contributed by atoms with E-state index in [0.717, 1.165) is 71.4 Å². The molecule has 0 atom stereocenters. The van der Waals surface area contributed by atoms with Crippen LogP contribution in [-0.4, -0.2) is 181 Å². The summed E-state index contributed by atoms with van der Waals surface area (Å²) in [5, 5.41) is 82.8. The van der Waals surface area contributed by atoms with Gasteiger partial charge in [0.25, 0.3) is 23.6 Å². The fraction of sp³-hybridized carbons (Fsp3) is 0.330. The van der Waals surface area contributed by atoms with Crippen molar-refractivity contribution in [3.8, 4) is 56.7 Å². The molecule has 0 saturated carbocycles. The van der Waals surface area contributed by atoms with Gasteiger partial charge in [-0.25, -0.2) is 14.4 Å². The predicted octanol–water partition coefficient (Wildman–Crippen LogP) is 20.9. The first-order chi connectivity index (χ1) is 66.9. The minimum absolute atomic E-state index is 0.139. The Kier molecular flexibility index (Phi) is 34.8. The second kappa shape index (κ2) is 46.4. The number of aliphatic carboxylic acids is 1. The van der Waals surface area contributed by atoms with Gasteiger partial charge in [-0.2, -0.15) is 32.4 Å². The number of nitrogens with one attached hydrogen (secondary N) is 4. The summed E-state index contributed by atoms with van der Waals surface area (Å²) < 4.78 is 63.0. The van der Waals surface area contributed by atoms with Crippen LogP contribution in [0.3, 0.4) is 0 Å². The Labute approximate surface area is 829 Å². The molecule has 4 amide bonds. The molecule has 14 aromatic rings. The van der Waals surface area contributed by atoms with E-state index >= 15 is 0 Å². The maximum absolute atomic E-state index is 13.5. The van der Waals surface area contributed by atoms with Gasteiger partial charge in [0.05, 0.1) is 59.7 Å². The zero-order chi connectivity index (χ0) is 102. The number of benzene rings is 10. The molecule has 0 radical (unpaired) electrons. The molecule has 10 aromatic carbocycles. The van der Waals surface area contributed by atoms with Crippen LogP contribution >= 0.6 is 31.9 Å². The Balaban J connectivity index is 0.000000176. The Morgan fingerprint density at radius 2 is 0.645 bits per heavy atom. The summed E-state index contributed by atoms with van der Waals surface area (Å²) in [5.41, 5.74) is 7.25. The molecule has 0 bridgehead atoms. The molecule has 2 fully saturated rings. The number of rotatable bonds is 28. The van der Waals surface area contributed by atoms with Gasteiger partial charge in [-0.15, -0.1) is 40.8 Å². The molecule has 2 saturated heterocycles. The smallest absolute Gasteiger partial charge is 0.478 e. The van der Waals surface area contributed by atoms with Crippen LogP contribution in [-0.2, 0) is 54.3 Å². The number of aryl methyl sites for hydroxylation is 4. The number of fused-ring (bicyclic) bond motifs is 2. The average molecular weight is 2050 g/mol. The Morgan fingerprint density at radius 3 is 0.936 bits per heavy atom. The van der Waals surface area contributed by atoms with E-state index in [0.29, 0.717) is 144 Å². The second-order valence-corrected chi connectivity index (χ2v) is 37.9. The number of carboxylic acid groups (broad SMARTS) is 2. The molecule has 4 aromatic heterocycles. The summed E-state index contributed by atoms with van der Waals surface area (Å²) in [6, 6.07) is 60.7.